The van der Waals surface area contributed by atoms with E-state index in [9.17, 15) is 9.59 Å². The second-order valence-corrected chi connectivity index (χ2v) is 7.90. The number of nitrogens with zero attached hydrogens (tertiary/aromatic N) is 2. The van der Waals surface area contributed by atoms with Gasteiger partial charge < -0.3 is 14.1 Å². The molecule has 0 saturated carbocycles. The molecular formula is C26H24N2O4. The van der Waals surface area contributed by atoms with Crippen molar-refractivity contribution in [3.8, 4) is 5.75 Å². The third-order valence-electron chi connectivity index (χ3n) is 5.81. The molecule has 0 saturated heterocycles. The molecule has 0 spiro atoms. The van der Waals surface area contributed by atoms with Crippen molar-refractivity contribution >= 4 is 23.1 Å². The fourth-order valence-corrected chi connectivity index (χ4v) is 4.28. The molecule has 6 heteroatoms. The van der Waals surface area contributed by atoms with E-state index in [0.717, 1.165) is 24.3 Å². The van der Waals surface area contributed by atoms with Crippen molar-refractivity contribution in [3.05, 3.63) is 89.5 Å². The third kappa shape index (κ3) is 3.47. The average molecular weight is 428 g/mol. The van der Waals surface area contributed by atoms with Crippen LogP contribution in [0.25, 0.3) is 5.57 Å². The standard InChI is InChI=1S/C26H24N2O4/c1-2-15-31-20-11-9-19(10-12-20)23-24(27-14-13-18-6-3-4-8-22(18)27)26(30)28(25(23)29)17-21-7-5-16-32-21/h3-12,16H,2,13-15,17H2,1H3. The molecule has 162 valence electrons. The van der Waals surface area contributed by atoms with Crippen molar-refractivity contribution < 1.29 is 18.7 Å². The Morgan fingerprint density at radius 1 is 0.969 bits per heavy atom. The average Bonchev–Trinajstić information content (AvgIpc) is 3.54. The normalized spacial score (nSPS) is 15.7. The Hall–Kier alpha value is -3.80. The molecule has 2 aliphatic rings. The predicted molar refractivity (Wildman–Crippen MR) is 121 cm³/mol. The molecule has 2 aromatic carbocycles. The number of fused-ring (bicyclic) bond motifs is 1. The molecule has 0 radical (unpaired) electrons. The summed E-state index contributed by atoms with van der Waals surface area (Å²) in [5.41, 5.74) is 3.69. The number of hydrogen-bond donors (Lipinski definition) is 0. The first kappa shape index (κ1) is 20.1. The number of ether oxygens (including phenoxy) is 1. The van der Waals surface area contributed by atoms with E-state index in [1.54, 1.807) is 18.4 Å². The Morgan fingerprint density at radius 3 is 2.53 bits per heavy atom. The third-order valence-corrected chi connectivity index (χ3v) is 5.81. The van der Waals surface area contributed by atoms with Crippen LogP contribution in [0.2, 0.25) is 0 Å². The lowest BCUT2D eigenvalue weighted by molar-refractivity contribution is -0.137. The zero-order valence-electron chi connectivity index (χ0n) is 17.9. The summed E-state index contributed by atoms with van der Waals surface area (Å²) in [5, 5.41) is 0. The first-order valence-electron chi connectivity index (χ1n) is 10.9. The van der Waals surface area contributed by atoms with Crippen LogP contribution >= 0.6 is 0 Å². The number of benzene rings is 2. The highest BCUT2D eigenvalue weighted by molar-refractivity contribution is 6.36. The van der Waals surface area contributed by atoms with Crippen LogP contribution in [-0.2, 0) is 22.6 Å². The van der Waals surface area contributed by atoms with Crippen molar-refractivity contribution in [1.82, 2.24) is 4.90 Å². The molecule has 0 atom stereocenters. The maximum absolute atomic E-state index is 13.6. The Labute approximate surface area is 186 Å². The van der Waals surface area contributed by atoms with Crippen LogP contribution in [0, 0.1) is 0 Å². The second-order valence-electron chi connectivity index (χ2n) is 7.90. The zero-order valence-corrected chi connectivity index (χ0v) is 17.9. The zero-order chi connectivity index (χ0) is 22.1. The van der Waals surface area contributed by atoms with Gasteiger partial charge in [-0.05, 0) is 54.3 Å². The van der Waals surface area contributed by atoms with Crippen LogP contribution in [0.3, 0.4) is 0 Å². The highest BCUT2D eigenvalue weighted by Crippen LogP contribution is 2.39. The van der Waals surface area contributed by atoms with E-state index < -0.39 is 0 Å². The Morgan fingerprint density at radius 2 is 1.78 bits per heavy atom. The highest BCUT2D eigenvalue weighted by Gasteiger charge is 2.43. The van der Waals surface area contributed by atoms with E-state index in [0.29, 0.717) is 35.7 Å². The Kier molecular flexibility index (Phi) is 5.27. The summed E-state index contributed by atoms with van der Waals surface area (Å²) in [4.78, 5) is 30.3. The number of rotatable bonds is 7. The summed E-state index contributed by atoms with van der Waals surface area (Å²) >= 11 is 0. The van der Waals surface area contributed by atoms with Gasteiger partial charge in [-0.3, -0.25) is 14.5 Å². The Balaban J connectivity index is 1.56. The number of carbonyl (C=O) groups excluding carboxylic acids is 2. The summed E-state index contributed by atoms with van der Waals surface area (Å²) in [7, 11) is 0. The van der Waals surface area contributed by atoms with Crippen LogP contribution in [0.4, 0.5) is 5.69 Å². The molecular weight excluding hydrogens is 404 g/mol. The number of furan rings is 1. The molecule has 0 unspecified atom stereocenters. The van der Waals surface area contributed by atoms with Gasteiger partial charge in [-0.25, -0.2) is 0 Å². The van der Waals surface area contributed by atoms with Gasteiger partial charge in [0.05, 0.1) is 25.0 Å². The minimum atomic E-state index is -0.312. The molecule has 3 aromatic rings. The van der Waals surface area contributed by atoms with Gasteiger partial charge in [-0.1, -0.05) is 37.3 Å². The van der Waals surface area contributed by atoms with E-state index in [1.165, 1.54) is 10.5 Å². The molecule has 0 aliphatic carbocycles. The van der Waals surface area contributed by atoms with Gasteiger partial charge in [-0.2, -0.15) is 0 Å². The first-order chi connectivity index (χ1) is 15.7. The monoisotopic (exact) mass is 428 g/mol. The van der Waals surface area contributed by atoms with E-state index in [2.05, 4.69) is 13.0 Å². The van der Waals surface area contributed by atoms with E-state index >= 15 is 0 Å². The van der Waals surface area contributed by atoms with Gasteiger partial charge in [0, 0.05) is 12.2 Å². The summed E-state index contributed by atoms with van der Waals surface area (Å²) in [6, 6.07) is 18.9. The maximum atomic E-state index is 13.6. The molecule has 2 aliphatic heterocycles. The van der Waals surface area contributed by atoms with Gasteiger partial charge in [0.25, 0.3) is 11.8 Å². The van der Waals surface area contributed by atoms with E-state index in [-0.39, 0.29) is 18.4 Å². The second kappa shape index (κ2) is 8.38. The van der Waals surface area contributed by atoms with Crippen molar-refractivity contribution in [2.75, 3.05) is 18.1 Å². The summed E-state index contributed by atoms with van der Waals surface area (Å²) < 4.78 is 11.1. The van der Waals surface area contributed by atoms with Gasteiger partial charge in [0.1, 0.15) is 17.2 Å². The first-order valence-corrected chi connectivity index (χ1v) is 10.9. The SMILES string of the molecule is CCCOc1ccc(C2=C(N3CCc4ccccc43)C(=O)N(Cc3ccco3)C2=O)cc1. The van der Waals surface area contributed by atoms with Crippen molar-refractivity contribution in [2.45, 2.75) is 26.3 Å². The minimum absolute atomic E-state index is 0.102. The van der Waals surface area contributed by atoms with Crippen LogP contribution in [0.1, 0.15) is 30.2 Å². The molecule has 0 N–H and O–H groups in total. The van der Waals surface area contributed by atoms with Crippen molar-refractivity contribution in [1.29, 1.82) is 0 Å². The number of amides is 2. The number of para-hydroxylation sites is 1. The molecule has 32 heavy (non-hydrogen) atoms. The van der Waals surface area contributed by atoms with E-state index in [4.69, 9.17) is 9.15 Å². The van der Waals surface area contributed by atoms with E-state index in [1.807, 2.05) is 47.4 Å². The highest BCUT2D eigenvalue weighted by atomic mass is 16.5. The maximum Gasteiger partial charge on any atom is 0.278 e. The van der Waals surface area contributed by atoms with Crippen molar-refractivity contribution in [2.24, 2.45) is 0 Å². The summed E-state index contributed by atoms with van der Waals surface area (Å²) in [5.74, 6) is 0.698. The molecule has 3 heterocycles. The fraction of sp³-hybridized carbons (Fsp3) is 0.231. The topological polar surface area (TPSA) is 63.0 Å². The van der Waals surface area contributed by atoms with Crippen LogP contribution in [0.15, 0.2) is 77.0 Å². The quantitative estimate of drug-likeness (QED) is 0.522. The molecule has 0 bridgehead atoms. The fourth-order valence-electron chi connectivity index (χ4n) is 4.28. The molecule has 6 nitrogen and oxygen atoms in total. The smallest absolute Gasteiger partial charge is 0.278 e. The van der Waals surface area contributed by atoms with Crippen LogP contribution < -0.4 is 9.64 Å². The lowest BCUT2D eigenvalue weighted by atomic mass is 10.0. The molecule has 5 rings (SSSR count). The molecule has 1 aromatic heterocycles. The number of imide groups is 1. The number of hydrogen-bond acceptors (Lipinski definition) is 5. The number of anilines is 1. The van der Waals surface area contributed by atoms with Crippen LogP contribution in [-0.4, -0.2) is 29.9 Å². The minimum Gasteiger partial charge on any atom is -0.494 e. The van der Waals surface area contributed by atoms with Crippen LogP contribution in [0.5, 0.6) is 5.75 Å². The summed E-state index contributed by atoms with van der Waals surface area (Å²) in [6.45, 7) is 3.44. The van der Waals surface area contributed by atoms with Gasteiger partial charge >= 0.3 is 0 Å². The molecule has 2 amide bonds. The summed E-state index contributed by atoms with van der Waals surface area (Å²) in [6.07, 6.45) is 3.29. The lowest BCUT2D eigenvalue weighted by Crippen LogP contribution is -2.34. The lowest BCUT2D eigenvalue weighted by Gasteiger charge is -2.21. The predicted octanol–water partition coefficient (Wildman–Crippen LogP) is 4.41. The largest absolute Gasteiger partial charge is 0.494 e. The Bertz CT molecular complexity index is 1180. The number of carbonyl (C=O) groups is 2. The molecule has 0 fully saturated rings. The van der Waals surface area contributed by atoms with Gasteiger partial charge in [0.15, 0.2) is 0 Å². The van der Waals surface area contributed by atoms with Gasteiger partial charge in [0.2, 0.25) is 0 Å². The van der Waals surface area contributed by atoms with Gasteiger partial charge in [-0.15, -0.1) is 0 Å². The van der Waals surface area contributed by atoms with Crippen molar-refractivity contribution in [3.63, 3.8) is 0 Å².